The number of aromatic nitrogens is 1. The molecule has 2 nitrogen and oxygen atoms in total. The molecule has 1 aromatic heterocycles. The quantitative estimate of drug-likeness (QED) is 0.757. The average molecular weight is 307 g/mol. The van der Waals surface area contributed by atoms with Crippen molar-refractivity contribution in [2.75, 3.05) is 12.3 Å². The number of aryl methyl sites for hydroxylation is 2. The summed E-state index contributed by atoms with van der Waals surface area (Å²) < 4.78 is 1.16. The molecular formula is C16H22N2S2. The van der Waals surface area contributed by atoms with Crippen LogP contribution in [0.1, 0.15) is 36.2 Å². The largest absolute Gasteiger partial charge is 0.309 e. The van der Waals surface area contributed by atoms with Crippen LogP contribution in [0.4, 0.5) is 0 Å². The summed E-state index contributed by atoms with van der Waals surface area (Å²) in [5, 5.41) is 5.75. The van der Waals surface area contributed by atoms with Crippen LogP contribution in [0.3, 0.4) is 0 Å². The van der Waals surface area contributed by atoms with Gasteiger partial charge in [-0.15, -0.1) is 11.3 Å². The number of benzene rings is 1. The van der Waals surface area contributed by atoms with Gasteiger partial charge in [0.25, 0.3) is 0 Å². The SMILES string of the molecule is CCCNC(CSc1nc(C)cs1)c1ccc(C)cc1. The molecule has 1 atom stereocenters. The van der Waals surface area contributed by atoms with Crippen molar-refractivity contribution in [3.63, 3.8) is 0 Å². The molecule has 2 aromatic rings. The number of thioether (sulfide) groups is 1. The summed E-state index contributed by atoms with van der Waals surface area (Å²) in [4.78, 5) is 4.52. The number of nitrogens with zero attached hydrogens (tertiary/aromatic N) is 1. The summed E-state index contributed by atoms with van der Waals surface area (Å²) in [5.41, 5.74) is 3.79. The minimum Gasteiger partial charge on any atom is -0.309 e. The fraction of sp³-hybridized carbons (Fsp3) is 0.438. The highest BCUT2D eigenvalue weighted by molar-refractivity contribution is 8.01. The first-order chi connectivity index (χ1) is 9.69. The lowest BCUT2D eigenvalue weighted by atomic mass is 10.1. The highest BCUT2D eigenvalue weighted by Gasteiger charge is 2.12. The minimum absolute atomic E-state index is 0.393. The monoisotopic (exact) mass is 306 g/mol. The van der Waals surface area contributed by atoms with Crippen molar-refractivity contribution in [3.05, 3.63) is 46.5 Å². The average Bonchev–Trinajstić information content (AvgIpc) is 2.86. The first-order valence-electron chi connectivity index (χ1n) is 7.04. The predicted octanol–water partition coefficient (Wildman–Crippen LogP) is 4.59. The van der Waals surface area contributed by atoms with E-state index >= 15 is 0 Å². The molecule has 0 bridgehead atoms. The third-order valence-corrected chi connectivity index (χ3v) is 5.32. The fourth-order valence-electron chi connectivity index (χ4n) is 1.94. The van der Waals surface area contributed by atoms with Gasteiger partial charge >= 0.3 is 0 Å². The number of hydrogen-bond donors (Lipinski definition) is 1. The number of hydrogen-bond acceptors (Lipinski definition) is 4. The van der Waals surface area contributed by atoms with Crippen LogP contribution in [-0.2, 0) is 0 Å². The molecule has 1 unspecified atom stereocenters. The Morgan fingerprint density at radius 3 is 2.60 bits per heavy atom. The molecule has 0 spiro atoms. The van der Waals surface area contributed by atoms with Crippen LogP contribution in [-0.4, -0.2) is 17.3 Å². The highest BCUT2D eigenvalue weighted by atomic mass is 32.2. The van der Waals surface area contributed by atoms with E-state index in [9.17, 15) is 0 Å². The van der Waals surface area contributed by atoms with Gasteiger partial charge in [-0.25, -0.2) is 4.98 Å². The van der Waals surface area contributed by atoms with Crippen molar-refractivity contribution in [2.45, 2.75) is 37.6 Å². The van der Waals surface area contributed by atoms with E-state index in [1.807, 2.05) is 18.7 Å². The van der Waals surface area contributed by atoms with E-state index in [2.05, 4.69) is 53.8 Å². The molecule has 0 fully saturated rings. The normalized spacial score (nSPS) is 12.6. The second-order valence-corrected chi connectivity index (χ2v) is 7.11. The first kappa shape index (κ1) is 15.5. The summed E-state index contributed by atoms with van der Waals surface area (Å²) in [6.07, 6.45) is 1.16. The van der Waals surface area contributed by atoms with Crippen LogP contribution in [0.15, 0.2) is 34.0 Å². The zero-order chi connectivity index (χ0) is 14.4. The first-order valence-corrected chi connectivity index (χ1v) is 8.90. The summed E-state index contributed by atoms with van der Waals surface area (Å²) >= 11 is 3.58. The van der Waals surface area contributed by atoms with Crippen molar-refractivity contribution in [1.82, 2.24) is 10.3 Å². The van der Waals surface area contributed by atoms with Gasteiger partial charge in [0.2, 0.25) is 0 Å². The van der Waals surface area contributed by atoms with Gasteiger partial charge in [0, 0.05) is 22.9 Å². The van der Waals surface area contributed by atoms with E-state index in [0.29, 0.717) is 6.04 Å². The molecule has 2 rings (SSSR count). The molecule has 0 saturated carbocycles. The van der Waals surface area contributed by atoms with E-state index in [1.54, 1.807) is 11.3 Å². The van der Waals surface area contributed by atoms with Crippen molar-refractivity contribution < 1.29 is 0 Å². The summed E-state index contributed by atoms with van der Waals surface area (Å²) in [5.74, 6) is 1.02. The molecule has 1 aromatic carbocycles. The summed E-state index contributed by atoms with van der Waals surface area (Å²) in [6.45, 7) is 7.44. The Hall–Kier alpha value is -0.840. The molecule has 0 saturated heterocycles. The molecule has 0 aliphatic heterocycles. The van der Waals surface area contributed by atoms with Crippen LogP contribution in [0.2, 0.25) is 0 Å². The minimum atomic E-state index is 0.393. The van der Waals surface area contributed by atoms with Crippen LogP contribution in [0.25, 0.3) is 0 Å². The molecule has 0 aliphatic carbocycles. The van der Waals surface area contributed by atoms with E-state index in [-0.39, 0.29) is 0 Å². The van der Waals surface area contributed by atoms with Crippen molar-refractivity contribution in [2.24, 2.45) is 0 Å². The highest BCUT2D eigenvalue weighted by Crippen LogP contribution is 2.27. The van der Waals surface area contributed by atoms with E-state index in [1.165, 1.54) is 11.1 Å². The van der Waals surface area contributed by atoms with Gasteiger partial charge in [0.1, 0.15) is 4.34 Å². The van der Waals surface area contributed by atoms with Gasteiger partial charge in [-0.1, -0.05) is 48.5 Å². The topological polar surface area (TPSA) is 24.9 Å². The fourth-order valence-corrected chi connectivity index (χ4v) is 3.91. The Balaban J connectivity index is 2.01. The predicted molar refractivity (Wildman–Crippen MR) is 89.8 cm³/mol. The summed E-state index contributed by atoms with van der Waals surface area (Å²) in [7, 11) is 0. The maximum Gasteiger partial charge on any atom is 0.150 e. The van der Waals surface area contributed by atoms with Gasteiger partial charge in [-0.3, -0.25) is 0 Å². The van der Waals surface area contributed by atoms with Crippen molar-refractivity contribution in [1.29, 1.82) is 0 Å². The molecule has 108 valence electrons. The molecular weight excluding hydrogens is 284 g/mol. The third kappa shape index (κ3) is 4.62. The summed E-state index contributed by atoms with van der Waals surface area (Å²) in [6, 6.07) is 9.24. The zero-order valence-electron chi connectivity index (χ0n) is 12.3. The van der Waals surface area contributed by atoms with E-state index in [0.717, 1.165) is 28.8 Å². The maximum atomic E-state index is 4.52. The van der Waals surface area contributed by atoms with Crippen molar-refractivity contribution >= 4 is 23.1 Å². The van der Waals surface area contributed by atoms with E-state index in [4.69, 9.17) is 0 Å². The lowest BCUT2D eigenvalue weighted by Gasteiger charge is -2.18. The van der Waals surface area contributed by atoms with E-state index < -0.39 is 0 Å². The van der Waals surface area contributed by atoms with Crippen LogP contribution in [0.5, 0.6) is 0 Å². The smallest absolute Gasteiger partial charge is 0.150 e. The van der Waals surface area contributed by atoms with Gasteiger partial charge in [-0.05, 0) is 32.4 Å². The second kappa shape index (κ2) is 7.81. The van der Waals surface area contributed by atoms with Gasteiger partial charge in [0.15, 0.2) is 0 Å². The van der Waals surface area contributed by atoms with Gasteiger partial charge in [0.05, 0.1) is 0 Å². The Morgan fingerprint density at radius 1 is 1.25 bits per heavy atom. The van der Waals surface area contributed by atoms with Crippen LogP contribution in [0, 0.1) is 13.8 Å². The van der Waals surface area contributed by atoms with Crippen LogP contribution >= 0.6 is 23.1 Å². The number of rotatable bonds is 7. The molecule has 0 aliphatic rings. The molecule has 0 radical (unpaired) electrons. The maximum absolute atomic E-state index is 4.52. The Kier molecular flexibility index (Phi) is 6.07. The van der Waals surface area contributed by atoms with Gasteiger partial charge < -0.3 is 5.32 Å². The second-order valence-electron chi connectivity index (χ2n) is 4.98. The molecule has 0 amide bonds. The standard InChI is InChI=1S/C16H22N2S2/c1-4-9-17-15(14-7-5-12(2)6-8-14)11-20-16-18-13(3)10-19-16/h5-8,10,15,17H,4,9,11H2,1-3H3. The molecule has 1 heterocycles. The number of thiazole rings is 1. The van der Waals surface area contributed by atoms with Gasteiger partial charge in [-0.2, -0.15) is 0 Å². The third-order valence-electron chi connectivity index (χ3n) is 3.09. The Bertz CT molecular complexity index is 520. The Morgan fingerprint density at radius 2 is 2.00 bits per heavy atom. The molecule has 1 N–H and O–H groups in total. The molecule has 20 heavy (non-hydrogen) atoms. The lowest BCUT2D eigenvalue weighted by molar-refractivity contribution is 0.577. The van der Waals surface area contributed by atoms with Crippen LogP contribution < -0.4 is 5.32 Å². The van der Waals surface area contributed by atoms with Crippen molar-refractivity contribution in [3.8, 4) is 0 Å². The zero-order valence-corrected chi connectivity index (χ0v) is 14.0. The number of nitrogens with one attached hydrogen (secondary N) is 1. The lowest BCUT2D eigenvalue weighted by Crippen LogP contribution is -2.24. The molecule has 4 heteroatoms. The Labute approximate surface area is 130 Å².